The molecule has 5 nitrogen and oxygen atoms in total. The minimum absolute atomic E-state index is 0.130. The van der Waals surface area contributed by atoms with Crippen molar-refractivity contribution in [2.24, 2.45) is 5.92 Å². The standard InChI is InChI=1S/C23H29BrN2O3/c1-16(2)13-25-23(28)18(4)26(14-19-7-5-6-17(3)12-19)22(27)15-29-21-10-8-20(24)9-11-21/h5-12,16,18H,13-15H2,1-4H3,(H,25,28). The summed E-state index contributed by atoms with van der Waals surface area (Å²) in [5, 5.41) is 2.92. The van der Waals surface area contributed by atoms with Crippen molar-refractivity contribution >= 4 is 27.7 Å². The number of carbonyl (C=O) groups is 2. The molecule has 6 heteroatoms. The summed E-state index contributed by atoms with van der Waals surface area (Å²) in [7, 11) is 0. The van der Waals surface area contributed by atoms with Crippen LogP contribution in [0, 0.1) is 12.8 Å². The lowest BCUT2D eigenvalue weighted by atomic mass is 10.1. The number of hydrogen-bond donors (Lipinski definition) is 1. The number of carbonyl (C=O) groups excluding carboxylic acids is 2. The molecule has 0 aliphatic carbocycles. The Kier molecular flexibility index (Phi) is 8.70. The Morgan fingerprint density at radius 3 is 2.41 bits per heavy atom. The molecule has 0 aliphatic heterocycles. The number of rotatable bonds is 9. The number of hydrogen-bond acceptors (Lipinski definition) is 3. The molecule has 2 rings (SSSR count). The largest absolute Gasteiger partial charge is 0.484 e. The lowest BCUT2D eigenvalue weighted by Crippen LogP contribution is -2.49. The molecule has 1 unspecified atom stereocenters. The molecule has 0 fully saturated rings. The maximum absolute atomic E-state index is 13.0. The third-order valence-corrected chi connectivity index (χ3v) is 4.99. The number of nitrogens with one attached hydrogen (secondary N) is 1. The van der Waals surface area contributed by atoms with Gasteiger partial charge in [0.2, 0.25) is 5.91 Å². The van der Waals surface area contributed by atoms with Crippen LogP contribution in [0.15, 0.2) is 53.0 Å². The number of ether oxygens (including phenoxy) is 1. The van der Waals surface area contributed by atoms with Gasteiger partial charge in [-0.3, -0.25) is 9.59 Å². The van der Waals surface area contributed by atoms with Crippen molar-refractivity contribution in [3.63, 3.8) is 0 Å². The average Bonchev–Trinajstić information content (AvgIpc) is 2.69. The van der Waals surface area contributed by atoms with E-state index in [-0.39, 0.29) is 18.4 Å². The SMILES string of the molecule is Cc1cccc(CN(C(=O)COc2ccc(Br)cc2)C(C)C(=O)NCC(C)C)c1. The average molecular weight is 461 g/mol. The summed E-state index contributed by atoms with van der Waals surface area (Å²) in [4.78, 5) is 27.2. The van der Waals surface area contributed by atoms with Crippen LogP contribution in [0.3, 0.4) is 0 Å². The normalized spacial score (nSPS) is 11.8. The Hall–Kier alpha value is -2.34. The van der Waals surface area contributed by atoms with E-state index in [4.69, 9.17) is 4.74 Å². The highest BCUT2D eigenvalue weighted by molar-refractivity contribution is 9.10. The third-order valence-electron chi connectivity index (χ3n) is 4.46. The van der Waals surface area contributed by atoms with Gasteiger partial charge in [-0.15, -0.1) is 0 Å². The Morgan fingerprint density at radius 2 is 1.79 bits per heavy atom. The van der Waals surface area contributed by atoms with E-state index in [1.54, 1.807) is 24.0 Å². The number of benzene rings is 2. The Balaban J connectivity index is 2.12. The van der Waals surface area contributed by atoms with Crippen LogP contribution in [0.4, 0.5) is 0 Å². The molecule has 0 aliphatic rings. The Bertz CT molecular complexity index is 821. The third kappa shape index (κ3) is 7.54. The van der Waals surface area contributed by atoms with Gasteiger partial charge in [0.1, 0.15) is 11.8 Å². The van der Waals surface area contributed by atoms with Crippen LogP contribution >= 0.6 is 15.9 Å². The zero-order valence-electron chi connectivity index (χ0n) is 17.4. The summed E-state index contributed by atoms with van der Waals surface area (Å²) in [5.74, 6) is 0.548. The topological polar surface area (TPSA) is 58.6 Å². The molecular weight excluding hydrogens is 432 g/mol. The smallest absolute Gasteiger partial charge is 0.261 e. The van der Waals surface area contributed by atoms with Crippen LogP contribution < -0.4 is 10.1 Å². The van der Waals surface area contributed by atoms with Crippen LogP contribution in [0.2, 0.25) is 0 Å². The van der Waals surface area contributed by atoms with Crippen molar-refractivity contribution in [1.82, 2.24) is 10.2 Å². The molecule has 2 aromatic carbocycles. The van der Waals surface area contributed by atoms with E-state index in [0.29, 0.717) is 24.8 Å². The van der Waals surface area contributed by atoms with Crippen molar-refractivity contribution in [1.29, 1.82) is 0 Å². The van der Waals surface area contributed by atoms with Crippen LogP contribution in [0.5, 0.6) is 5.75 Å². The van der Waals surface area contributed by atoms with E-state index >= 15 is 0 Å². The molecule has 0 saturated heterocycles. The second-order valence-corrected chi connectivity index (χ2v) is 8.48. The van der Waals surface area contributed by atoms with Gasteiger partial charge < -0.3 is 15.0 Å². The van der Waals surface area contributed by atoms with Crippen LogP contribution in [0.25, 0.3) is 0 Å². The quantitative estimate of drug-likeness (QED) is 0.605. The van der Waals surface area contributed by atoms with Gasteiger partial charge in [0, 0.05) is 17.6 Å². The predicted molar refractivity (Wildman–Crippen MR) is 119 cm³/mol. The lowest BCUT2D eigenvalue weighted by Gasteiger charge is -2.29. The molecular formula is C23H29BrN2O3. The van der Waals surface area contributed by atoms with Crippen LogP contribution in [-0.4, -0.2) is 35.9 Å². The molecule has 1 atom stereocenters. The maximum atomic E-state index is 13.0. The summed E-state index contributed by atoms with van der Waals surface area (Å²) in [5.41, 5.74) is 2.09. The van der Waals surface area contributed by atoms with Crippen LogP contribution in [0.1, 0.15) is 31.9 Å². The van der Waals surface area contributed by atoms with E-state index in [1.807, 2.05) is 57.2 Å². The summed E-state index contributed by atoms with van der Waals surface area (Å²) >= 11 is 3.38. The summed E-state index contributed by atoms with van der Waals surface area (Å²) in [6.45, 7) is 8.62. The van der Waals surface area contributed by atoms with Gasteiger partial charge >= 0.3 is 0 Å². The minimum atomic E-state index is -0.602. The van der Waals surface area contributed by atoms with Gasteiger partial charge in [0.05, 0.1) is 0 Å². The van der Waals surface area contributed by atoms with Gasteiger partial charge in [0.25, 0.3) is 5.91 Å². The number of amides is 2. The molecule has 0 bridgehead atoms. The van der Waals surface area contributed by atoms with E-state index in [9.17, 15) is 9.59 Å². The van der Waals surface area contributed by atoms with E-state index in [2.05, 4.69) is 21.2 Å². The molecule has 2 aromatic rings. The van der Waals surface area contributed by atoms with Crippen LogP contribution in [-0.2, 0) is 16.1 Å². The molecule has 2 amide bonds. The molecule has 0 spiro atoms. The Labute approximate surface area is 181 Å². The first kappa shape index (κ1) is 22.9. The molecule has 1 N–H and O–H groups in total. The van der Waals surface area contributed by atoms with Crippen molar-refractivity contribution in [3.05, 3.63) is 64.1 Å². The number of halogens is 1. The summed E-state index contributed by atoms with van der Waals surface area (Å²) in [6.07, 6.45) is 0. The van der Waals surface area contributed by atoms with Gasteiger partial charge in [-0.1, -0.05) is 59.6 Å². The highest BCUT2D eigenvalue weighted by Crippen LogP contribution is 2.17. The predicted octanol–water partition coefficient (Wildman–Crippen LogP) is 4.33. The molecule has 29 heavy (non-hydrogen) atoms. The van der Waals surface area contributed by atoms with Crippen molar-refractivity contribution in [2.75, 3.05) is 13.2 Å². The van der Waals surface area contributed by atoms with Gasteiger partial charge in [0.15, 0.2) is 6.61 Å². The number of nitrogens with zero attached hydrogens (tertiary/aromatic N) is 1. The molecule has 0 heterocycles. The summed E-state index contributed by atoms with van der Waals surface area (Å²) < 4.78 is 6.59. The zero-order chi connectivity index (χ0) is 21.4. The van der Waals surface area contributed by atoms with E-state index < -0.39 is 6.04 Å². The first-order chi connectivity index (χ1) is 13.8. The van der Waals surface area contributed by atoms with Crippen molar-refractivity contribution in [2.45, 2.75) is 40.3 Å². The second-order valence-electron chi connectivity index (χ2n) is 7.57. The fraction of sp³-hybridized carbons (Fsp3) is 0.391. The zero-order valence-corrected chi connectivity index (χ0v) is 19.0. The van der Waals surface area contributed by atoms with E-state index in [0.717, 1.165) is 15.6 Å². The first-order valence-electron chi connectivity index (χ1n) is 9.77. The van der Waals surface area contributed by atoms with Crippen molar-refractivity contribution in [3.8, 4) is 5.75 Å². The first-order valence-corrected chi connectivity index (χ1v) is 10.6. The monoisotopic (exact) mass is 460 g/mol. The van der Waals surface area contributed by atoms with Gasteiger partial charge in [-0.25, -0.2) is 0 Å². The summed E-state index contributed by atoms with van der Waals surface area (Å²) in [6, 6.07) is 14.6. The highest BCUT2D eigenvalue weighted by Gasteiger charge is 2.26. The fourth-order valence-electron chi connectivity index (χ4n) is 2.80. The molecule has 0 aromatic heterocycles. The molecule has 0 saturated carbocycles. The lowest BCUT2D eigenvalue weighted by molar-refractivity contribution is -0.142. The Morgan fingerprint density at radius 1 is 1.10 bits per heavy atom. The molecule has 0 radical (unpaired) electrons. The van der Waals surface area contributed by atoms with E-state index in [1.165, 1.54) is 0 Å². The number of aryl methyl sites for hydroxylation is 1. The molecule has 156 valence electrons. The van der Waals surface area contributed by atoms with Gasteiger partial charge in [-0.2, -0.15) is 0 Å². The van der Waals surface area contributed by atoms with Gasteiger partial charge in [-0.05, 0) is 49.6 Å². The second kappa shape index (κ2) is 11.0. The van der Waals surface area contributed by atoms with Crippen molar-refractivity contribution < 1.29 is 14.3 Å². The maximum Gasteiger partial charge on any atom is 0.261 e. The minimum Gasteiger partial charge on any atom is -0.484 e. The highest BCUT2D eigenvalue weighted by atomic mass is 79.9. The fourth-order valence-corrected chi connectivity index (χ4v) is 3.07.